The zero-order chi connectivity index (χ0) is 17.1. The zero-order valence-electron chi connectivity index (χ0n) is 13.3. The molecule has 5 heteroatoms. The van der Waals surface area contributed by atoms with Crippen LogP contribution < -0.4 is 5.32 Å². The molecule has 0 spiro atoms. The van der Waals surface area contributed by atoms with Crippen LogP contribution in [0.25, 0.3) is 11.1 Å². The SMILES string of the molecule is Cc1ccc(-c2c(C)sc(NC(=O)c3cccnc3)c2C#N)cc1. The summed E-state index contributed by atoms with van der Waals surface area (Å²) in [6.07, 6.45) is 3.12. The second-order valence-corrected chi connectivity index (χ2v) is 6.64. The van der Waals surface area contributed by atoms with Crippen molar-refractivity contribution in [2.24, 2.45) is 0 Å². The first-order valence-corrected chi connectivity index (χ1v) is 8.23. The summed E-state index contributed by atoms with van der Waals surface area (Å²) in [5.74, 6) is -0.267. The Labute approximate surface area is 144 Å². The third kappa shape index (κ3) is 3.05. The van der Waals surface area contributed by atoms with E-state index in [4.69, 9.17) is 0 Å². The van der Waals surface area contributed by atoms with E-state index < -0.39 is 0 Å². The first-order valence-electron chi connectivity index (χ1n) is 7.42. The summed E-state index contributed by atoms with van der Waals surface area (Å²) in [5, 5.41) is 13.0. The van der Waals surface area contributed by atoms with Gasteiger partial charge in [0.2, 0.25) is 0 Å². The summed E-state index contributed by atoms with van der Waals surface area (Å²) in [5.41, 5.74) is 3.98. The number of pyridine rings is 1. The first kappa shape index (κ1) is 15.9. The summed E-state index contributed by atoms with van der Waals surface area (Å²) in [6, 6.07) is 13.7. The van der Waals surface area contributed by atoms with Crippen molar-refractivity contribution in [1.82, 2.24) is 4.98 Å². The monoisotopic (exact) mass is 333 g/mol. The molecule has 2 aromatic heterocycles. The van der Waals surface area contributed by atoms with Crippen LogP contribution in [-0.2, 0) is 0 Å². The second-order valence-electron chi connectivity index (χ2n) is 5.41. The lowest BCUT2D eigenvalue weighted by molar-refractivity contribution is 0.102. The molecule has 3 rings (SSSR count). The molecule has 0 radical (unpaired) electrons. The van der Waals surface area contributed by atoms with Crippen LogP contribution >= 0.6 is 11.3 Å². The third-order valence-electron chi connectivity index (χ3n) is 3.69. The molecule has 0 aliphatic carbocycles. The Balaban J connectivity index is 1.99. The average Bonchev–Trinajstić information content (AvgIpc) is 2.91. The van der Waals surface area contributed by atoms with Crippen LogP contribution in [0.2, 0.25) is 0 Å². The molecule has 1 amide bonds. The molecule has 0 saturated heterocycles. The van der Waals surface area contributed by atoms with Gasteiger partial charge in [-0.1, -0.05) is 29.8 Å². The Morgan fingerprint density at radius 2 is 1.96 bits per heavy atom. The lowest BCUT2D eigenvalue weighted by atomic mass is 10.0. The number of nitrogens with zero attached hydrogens (tertiary/aromatic N) is 2. The van der Waals surface area contributed by atoms with Gasteiger partial charge >= 0.3 is 0 Å². The van der Waals surface area contributed by atoms with Crippen LogP contribution in [0.15, 0.2) is 48.8 Å². The van der Waals surface area contributed by atoms with Gasteiger partial charge in [-0.25, -0.2) is 0 Å². The molecule has 2 heterocycles. The summed E-state index contributed by atoms with van der Waals surface area (Å²) in [6.45, 7) is 3.98. The van der Waals surface area contributed by atoms with Crippen LogP contribution in [0.3, 0.4) is 0 Å². The molecule has 0 aliphatic rings. The number of thiophene rings is 1. The third-order valence-corrected chi connectivity index (χ3v) is 4.71. The van der Waals surface area contributed by atoms with Crippen molar-refractivity contribution in [2.75, 3.05) is 5.32 Å². The number of carbonyl (C=O) groups excluding carboxylic acids is 1. The second kappa shape index (κ2) is 6.65. The number of aromatic nitrogens is 1. The maximum absolute atomic E-state index is 12.3. The van der Waals surface area contributed by atoms with E-state index in [0.29, 0.717) is 16.1 Å². The summed E-state index contributed by atoms with van der Waals surface area (Å²) in [7, 11) is 0. The van der Waals surface area contributed by atoms with Gasteiger partial charge < -0.3 is 5.32 Å². The minimum absolute atomic E-state index is 0.267. The van der Waals surface area contributed by atoms with Crippen LogP contribution in [0.5, 0.6) is 0 Å². The van der Waals surface area contributed by atoms with Gasteiger partial charge in [-0.2, -0.15) is 5.26 Å². The Hall–Kier alpha value is -2.97. The number of hydrogen-bond donors (Lipinski definition) is 1. The number of rotatable bonds is 3. The summed E-state index contributed by atoms with van der Waals surface area (Å²) in [4.78, 5) is 17.3. The van der Waals surface area contributed by atoms with Crippen molar-refractivity contribution in [3.8, 4) is 17.2 Å². The number of aryl methyl sites for hydroxylation is 2. The fraction of sp³-hybridized carbons (Fsp3) is 0.105. The molecule has 0 atom stereocenters. The number of benzene rings is 1. The first-order chi connectivity index (χ1) is 11.6. The molecule has 4 nitrogen and oxygen atoms in total. The highest BCUT2D eigenvalue weighted by Crippen LogP contribution is 2.39. The Bertz CT molecular complexity index is 922. The van der Waals surface area contributed by atoms with Crippen molar-refractivity contribution in [3.05, 3.63) is 70.4 Å². The van der Waals surface area contributed by atoms with Crippen LogP contribution in [0.1, 0.15) is 26.4 Å². The molecule has 1 N–H and O–H groups in total. The van der Waals surface area contributed by atoms with E-state index in [2.05, 4.69) is 16.4 Å². The zero-order valence-corrected chi connectivity index (χ0v) is 14.1. The molecule has 0 fully saturated rings. The van der Waals surface area contributed by atoms with E-state index in [1.807, 2.05) is 38.1 Å². The van der Waals surface area contributed by atoms with Gasteiger partial charge in [-0.05, 0) is 31.5 Å². The lowest BCUT2D eigenvalue weighted by Gasteiger charge is -2.04. The molecular weight excluding hydrogens is 318 g/mol. The number of nitriles is 1. The van der Waals surface area contributed by atoms with E-state index in [1.165, 1.54) is 17.5 Å². The number of amides is 1. The lowest BCUT2D eigenvalue weighted by Crippen LogP contribution is -2.11. The fourth-order valence-electron chi connectivity index (χ4n) is 2.48. The predicted octanol–water partition coefficient (Wildman–Crippen LogP) is 4.55. The van der Waals surface area contributed by atoms with Crippen LogP contribution in [0, 0.1) is 25.2 Å². The highest BCUT2D eigenvalue weighted by molar-refractivity contribution is 7.17. The standard InChI is InChI=1S/C19H15N3OS/c1-12-5-7-14(8-6-12)17-13(2)24-19(16(17)10-20)22-18(23)15-4-3-9-21-11-15/h3-9,11H,1-2H3,(H,22,23). The minimum atomic E-state index is -0.267. The Morgan fingerprint density at radius 3 is 2.58 bits per heavy atom. The molecular formula is C19H15N3OS. The van der Waals surface area contributed by atoms with Crippen molar-refractivity contribution in [3.63, 3.8) is 0 Å². The van der Waals surface area contributed by atoms with E-state index in [-0.39, 0.29) is 5.91 Å². The predicted molar refractivity (Wildman–Crippen MR) is 96.1 cm³/mol. The number of hydrogen-bond acceptors (Lipinski definition) is 4. The number of carbonyl (C=O) groups is 1. The summed E-state index contributed by atoms with van der Waals surface area (Å²) < 4.78 is 0. The average molecular weight is 333 g/mol. The molecule has 118 valence electrons. The molecule has 0 saturated carbocycles. The topological polar surface area (TPSA) is 65.8 Å². The number of nitrogens with one attached hydrogen (secondary N) is 1. The molecule has 1 aromatic carbocycles. The van der Waals surface area contributed by atoms with Gasteiger partial charge in [0.05, 0.1) is 11.1 Å². The van der Waals surface area contributed by atoms with Crippen molar-refractivity contribution >= 4 is 22.2 Å². The van der Waals surface area contributed by atoms with E-state index >= 15 is 0 Å². The van der Waals surface area contributed by atoms with Gasteiger partial charge in [0.1, 0.15) is 11.1 Å². The molecule has 0 aliphatic heterocycles. The maximum atomic E-state index is 12.3. The van der Waals surface area contributed by atoms with Crippen molar-refractivity contribution in [2.45, 2.75) is 13.8 Å². The smallest absolute Gasteiger partial charge is 0.257 e. The van der Waals surface area contributed by atoms with Gasteiger partial charge in [0.25, 0.3) is 5.91 Å². The van der Waals surface area contributed by atoms with Gasteiger partial charge in [-0.15, -0.1) is 11.3 Å². The summed E-state index contributed by atoms with van der Waals surface area (Å²) >= 11 is 1.41. The van der Waals surface area contributed by atoms with Gasteiger partial charge in [0.15, 0.2) is 0 Å². The number of anilines is 1. The van der Waals surface area contributed by atoms with Crippen LogP contribution in [0.4, 0.5) is 5.00 Å². The van der Waals surface area contributed by atoms with E-state index in [1.54, 1.807) is 18.3 Å². The van der Waals surface area contributed by atoms with E-state index in [9.17, 15) is 10.1 Å². The maximum Gasteiger partial charge on any atom is 0.257 e. The van der Waals surface area contributed by atoms with Gasteiger partial charge in [-0.3, -0.25) is 9.78 Å². The Kier molecular flexibility index (Phi) is 4.41. The molecule has 0 unspecified atom stereocenters. The van der Waals surface area contributed by atoms with Crippen molar-refractivity contribution in [1.29, 1.82) is 5.26 Å². The molecule has 24 heavy (non-hydrogen) atoms. The van der Waals surface area contributed by atoms with Crippen LogP contribution in [-0.4, -0.2) is 10.9 Å². The quantitative estimate of drug-likeness (QED) is 0.764. The fourth-order valence-corrected chi connectivity index (χ4v) is 3.50. The molecule has 3 aromatic rings. The van der Waals surface area contributed by atoms with Gasteiger partial charge in [0, 0.05) is 22.8 Å². The van der Waals surface area contributed by atoms with E-state index in [0.717, 1.165) is 21.6 Å². The molecule has 0 bridgehead atoms. The normalized spacial score (nSPS) is 10.2. The largest absolute Gasteiger partial charge is 0.312 e. The minimum Gasteiger partial charge on any atom is -0.312 e. The van der Waals surface area contributed by atoms with Crippen molar-refractivity contribution < 1.29 is 4.79 Å². The highest BCUT2D eigenvalue weighted by atomic mass is 32.1. The highest BCUT2D eigenvalue weighted by Gasteiger charge is 2.19. The Morgan fingerprint density at radius 1 is 1.21 bits per heavy atom.